The molecule has 0 atom stereocenters. The molecular weight excluding hydrogens is 324 g/mol. The third kappa shape index (κ3) is 4.06. The standard InChI is InChI=1S/C21H22N4O/c1-4-25(18-12-8-9-15(2)13-18)21(26)19-14-20(23-16(3)22-19)24-17-10-6-5-7-11-17/h5-14H,4H2,1-3H3,(H,22,23,24). The van der Waals surface area contributed by atoms with Gasteiger partial charge in [0.1, 0.15) is 17.3 Å². The first-order valence-corrected chi connectivity index (χ1v) is 8.63. The Labute approximate surface area is 153 Å². The highest BCUT2D eigenvalue weighted by atomic mass is 16.2. The number of amides is 1. The Hall–Kier alpha value is -3.21. The lowest BCUT2D eigenvalue weighted by atomic mass is 10.2. The van der Waals surface area contributed by atoms with Crippen molar-refractivity contribution in [2.75, 3.05) is 16.8 Å². The molecule has 0 aliphatic carbocycles. The predicted octanol–water partition coefficient (Wildman–Crippen LogP) is 4.50. The van der Waals surface area contributed by atoms with Crippen LogP contribution in [0.2, 0.25) is 0 Å². The lowest BCUT2D eigenvalue weighted by molar-refractivity contribution is 0.0983. The van der Waals surface area contributed by atoms with Crippen molar-refractivity contribution in [1.29, 1.82) is 0 Å². The van der Waals surface area contributed by atoms with Gasteiger partial charge < -0.3 is 10.2 Å². The van der Waals surface area contributed by atoms with Gasteiger partial charge >= 0.3 is 0 Å². The Morgan fingerprint density at radius 2 is 1.77 bits per heavy atom. The van der Waals surface area contributed by atoms with E-state index in [-0.39, 0.29) is 5.91 Å². The van der Waals surface area contributed by atoms with E-state index < -0.39 is 0 Å². The highest BCUT2D eigenvalue weighted by molar-refractivity contribution is 6.05. The van der Waals surface area contributed by atoms with Gasteiger partial charge in [-0.3, -0.25) is 4.79 Å². The van der Waals surface area contributed by atoms with Gasteiger partial charge in [0.25, 0.3) is 5.91 Å². The number of carbonyl (C=O) groups excluding carboxylic acids is 1. The Morgan fingerprint density at radius 1 is 1.00 bits per heavy atom. The molecular formula is C21H22N4O. The molecule has 1 aromatic heterocycles. The van der Waals surface area contributed by atoms with Crippen LogP contribution < -0.4 is 10.2 Å². The monoisotopic (exact) mass is 346 g/mol. The second-order valence-corrected chi connectivity index (χ2v) is 6.07. The summed E-state index contributed by atoms with van der Waals surface area (Å²) in [6, 6.07) is 19.3. The molecule has 5 heteroatoms. The van der Waals surface area contributed by atoms with Crippen LogP contribution in [0.5, 0.6) is 0 Å². The molecule has 2 aromatic carbocycles. The van der Waals surface area contributed by atoms with Crippen molar-refractivity contribution >= 4 is 23.1 Å². The molecule has 1 heterocycles. The van der Waals surface area contributed by atoms with Crippen LogP contribution in [0, 0.1) is 13.8 Å². The van der Waals surface area contributed by atoms with Gasteiger partial charge in [0.2, 0.25) is 0 Å². The number of benzene rings is 2. The van der Waals surface area contributed by atoms with E-state index in [4.69, 9.17) is 0 Å². The first-order chi connectivity index (χ1) is 12.6. The molecule has 0 aliphatic rings. The number of hydrogen-bond acceptors (Lipinski definition) is 4. The summed E-state index contributed by atoms with van der Waals surface area (Å²) >= 11 is 0. The lowest BCUT2D eigenvalue weighted by Crippen LogP contribution is -2.31. The van der Waals surface area contributed by atoms with E-state index in [1.54, 1.807) is 17.9 Å². The number of aromatic nitrogens is 2. The molecule has 1 N–H and O–H groups in total. The lowest BCUT2D eigenvalue weighted by Gasteiger charge is -2.21. The zero-order chi connectivity index (χ0) is 18.5. The van der Waals surface area contributed by atoms with E-state index in [9.17, 15) is 4.79 Å². The molecule has 26 heavy (non-hydrogen) atoms. The third-order valence-corrected chi connectivity index (χ3v) is 3.98. The van der Waals surface area contributed by atoms with Gasteiger partial charge in [0, 0.05) is 24.0 Å². The molecule has 0 fully saturated rings. The highest BCUT2D eigenvalue weighted by Gasteiger charge is 2.19. The van der Waals surface area contributed by atoms with Gasteiger partial charge in [0.15, 0.2) is 0 Å². The number of nitrogens with one attached hydrogen (secondary N) is 1. The number of hydrogen-bond donors (Lipinski definition) is 1. The fourth-order valence-corrected chi connectivity index (χ4v) is 2.79. The van der Waals surface area contributed by atoms with Gasteiger partial charge in [-0.1, -0.05) is 30.3 Å². The number of carbonyl (C=O) groups is 1. The largest absolute Gasteiger partial charge is 0.340 e. The van der Waals surface area contributed by atoms with Crippen molar-refractivity contribution in [1.82, 2.24) is 9.97 Å². The molecule has 5 nitrogen and oxygen atoms in total. The van der Waals surface area contributed by atoms with Crippen LogP contribution in [0.1, 0.15) is 28.8 Å². The molecule has 0 saturated carbocycles. The summed E-state index contributed by atoms with van der Waals surface area (Å²) < 4.78 is 0. The Kier molecular flexibility index (Phi) is 5.27. The topological polar surface area (TPSA) is 58.1 Å². The van der Waals surface area contributed by atoms with Crippen LogP contribution in [-0.2, 0) is 0 Å². The van der Waals surface area contributed by atoms with Crippen molar-refractivity contribution in [2.45, 2.75) is 20.8 Å². The van der Waals surface area contributed by atoms with Crippen molar-refractivity contribution < 1.29 is 4.79 Å². The van der Waals surface area contributed by atoms with Gasteiger partial charge in [-0.05, 0) is 50.6 Å². The van der Waals surface area contributed by atoms with Crippen molar-refractivity contribution in [2.24, 2.45) is 0 Å². The molecule has 3 aromatic rings. The van der Waals surface area contributed by atoms with Crippen molar-refractivity contribution in [3.05, 3.63) is 77.7 Å². The van der Waals surface area contributed by atoms with Crippen LogP contribution in [0.3, 0.4) is 0 Å². The van der Waals surface area contributed by atoms with E-state index in [1.807, 2.05) is 68.4 Å². The normalized spacial score (nSPS) is 10.4. The van der Waals surface area contributed by atoms with E-state index in [0.29, 0.717) is 23.9 Å². The fourth-order valence-electron chi connectivity index (χ4n) is 2.79. The summed E-state index contributed by atoms with van der Waals surface area (Å²) in [5.74, 6) is 1.02. The summed E-state index contributed by atoms with van der Waals surface area (Å²) in [6.07, 6.45) is 0. The molecule has 0 radical (unpaired) electrons. The van der Waals surface area contributed by atoms with E-state index in [1.165, 1.54) is 0 Å². The number of aryl methyl sites for hydroxylation is 2. The van der Waals surface area contributed by atoms with Crippen LogP contribution >= 0.6 is 0 Å². The quantitative estimate of drug-likeness (QED) is 0.739. The van der Waals surface area contributed by atoms with E-state index in [2.05, 4.69) is 15.3 Å². The number of rotatable bonds is 5. The molecule has 0 saturated heterocycles. The number of nitrogens with zero attached hydrogens (tertiary/aromatic N) is 3. The maximum absolute atomic E-state index is 13.1. The predicted molar refractivity (Wildman–Crippen MR) is 105 cm³/mol. The minimum absolute atomic E-state index is 0.139. The highest BCUT2D eigenvalue weighted by Crippen LogP contribution is 2.20. The summed E-state index contributed by atoms with van der Waals surface area (Å²) in [5.41, 5.74) is 3.26. The smallest absolute Gasteiger partial charge is 0.277 e. The second kappa shape index (κ2) is 7.78. The average Bonchev–Trinajstić information content (AvgIpc) is 2.63. The average molecular weight is 346 g/mol. The minimum atomic E-state index is -0.139. The van der Waals surface area contributed by atoms with Gasteiger partial charge in [-0.15, -0.1) is 0 Å². The van der Waals surface area contributed by atoms with Gasteiger partial charge in [-0.25, -0.2) is 9.97 Å². The van der Waals surface area contributed by atoms with Gasteiger partial charge in [-0.2, -0.15) is 0 Å². The summed E-state index contributed by atoms with van der Waals surface area (Å²) in [6.45, 7) is 6.32. The molecule has 0 unspecified atom stereocenters. The molecule has 0 spiro atoms. The summed E-state index contributed by atoms with van der Waals surface area (Å²) in [4.78, 5) is 23.5. The SMILES string of the molecule is CCN(C(=O)c1cc(Nc2ccccc2)nc(C)n1)c1cccc(C)c1. The maximum atomic E-state index is 13.1. The molecule has 132 valence electrons. The zero-order valence-electron chi connectivity index (χ0n) is 15.2. The van der Waals surface area contributed by atoms with Gasteiger partial charge in [0.05, 0.1) is 0 Å². The molecule has 0 bridgehead atoms. The van der Waals surface area contributed by atoms with E-state index in [0.717, 1.165) is 16.9 Å². The number of para-hydroxylation sites is 1. The Bertz CT molecular complexity index is 909. The first kappa shape index (κ1) is 17.6. The van der Waals surface area contributed by atoms with Crippen molar-refractivity contribution in [3.63, 3.8) is 0 Å². The van der Waals surface area contributed by atoms with E-state index >= 15 is 0 Å². The first-order valence-electron chi connectivity index (χ1n) is 8.63. The molecule has 1 amide bonds. The summed E-state index contributed by atoms with van der Waals surface area (Å²) in [5, 5.41) is 3.22. The molecule has 0 aliphatic heterocycles. The Balaban J connectivity index is 1.91. The van der Waals surface area contributed by atoms with Crippen LogP contribution in [0.15, 0.2) is 60.7 Å². The number of anilines is 3. The summed E-state index contributed by atoms with van der Waals surface area (Å²) in [7, 11) is 0. The van der Waals surface area contributed by atoms with Crippen LogP contribution in [-0.4, -0.2) is 22.4 Å². The maximum Gasteiger partial charge on any atom is 0.277 e. The van der Waals surface area contributed by atoms with Crippen molar-refractivity contribution in [3.8, 4) is 0 Å². The zero-order valence-corrected chi connectivity index (χ0v) is 15.2. The van der Waals surface area contributed by atoms with Crippen LogP contribution in [0.4, 0.5) is 17.2 Å². The minimum Gasteiger partial charge on any atom is -0.340 e. The third-order valence-electron chi connectivity index (χ3n) is 3.98. The molecule has 3 rings (SSSR count). The second-order valence-electron chi connectivity index (χ2n) is 6.07. The van der Waals surface area contributed by atoms with Crippen LogP contribution in [0.25, 0.3) is 0 Å². The Morgan fingerprint density at radius 3 is 2.46 bits per heavy atom. The fraction of sp³-hybridized carbons (Fsp3) is 0.190.